The van der Waals surface area contributed by atoms with Crippen molar-refractivity contribution in [2.24, 2.45) is 0 Å². The minimum atomic E-state index is -0.393. The lowest BCUT2D eigenvalue weighted by atomic mass is 10.2. The maximum absolute atomic E-state index is 11.8. The van der Waals surface area contributed by atoms with Gasteiger partial charge in [-0.1, -0.05) is 29.8 Å². The van der Waals surface area contributed by atoms with E-state index in [1.165, 1.54) is 18.9 Å². The Balaban J connectivity index is 1.95. The number of carbonyl (C=O) groups is 1. The van der Waals surface area contributed by atoms with E-state index < -0.39 is 5.97 Å². The third-order valence-electron chi connectivity index (χ3n) is 2.67. The van der Waals surface area contributed by atoms with Crippen LogP contribution in [-0.2, 0) is 11.3 Å². The van der Waals surface area contributed by atoms with Crippen LogP contribution in [0.2, 0.25) is 0 Å². The number of hydrogen-bond donors (Lipinski definition) is 0. The highest BCUT2D eigenvalue weighted by Gasteiger charge is 2.08. The van der Waals surface area contributed by atoms with Crippen LogP contribution >= 0.6 is 0 Å². The Morgan fingerprint density at radius 3 is 2.47 bits per heavy atom. The lowest BCUT2D eigenvalue weighted by molar-refractivity contribution is 0.0472. The Hall–Kier alpha value is -2.36. The topological polar surface area (TPSA) is 48.4 Å². The first-order chi connectivity index (χ1) is 9.19. The van der Waals surface area contributed by atoms with Crippen LogP contribution in [0.4, 0.5) is 0 Å². The van der Waals surface area contributed by atoms with Gasteiger partial charge < -0.3 is 9.47 Å². The Labute approximate surface area is 112 Å². The standard InChI is InChI=1S/C15H15NO3/c1-11-3-5-12(6-4-11)10-19-15(17)13-7-8-14(18-2)16-9-13/h3-9H,10H2,1-2H3. The number of ether oxygens (including phenoxy) is 2. The van der Waals surface area contributed by atoms with Crippen LogP contribution in [0.25, 0.3) is 0 Å². The van der Waals surface area contributed by atoms with E-state index >= 15 is 0 Å². The van der Waals surface area contributed by atoms with Gasteiger partial charge in [-0.05, 0) is 18.6 Å². The van der Waals surface area contributed by atoms with E-state index in [-0.39, 0.29) is 6.61 Å². The molecule has 0 aliphatic heterocycles. The largest absolute Gasteiger partial charge is 0.481 e. The number of nitrogens with zero attached hydrogens (tertiary/aromatic N) is 1. The van der Waals surface area contributed by atoms with Gasteiger partial charge in [-0.15, -0.1) is 0 Å². The molecule has 4 heteroatoms. The molecule has 0 N–H and O–H groups in total. The minimum absolute atomic E-state index is 0.255. The first kappa shape index (κ1) is 13.1. The molecule has 4 nitrogen and oxygen atoms in total. The van der Waals surface area contributed by atoms with Gasteiger partial charge in [0, 0.05) is 12.3 Å². The molecule has 1 heterocycles. The Kier molecular flexibility index (Phi) is 4.13. The second-order valence-electron chi connectivity index (χ2n) is 4.15. The van der Waals surface area contributed by atoms with Crippen LogP contribution in [-0.4, -0.2) is 18.1 Å². The highest BCUT2D eigenvalue weighted by molar-refractivity contribution is 5.89. The number of methoxy groups -OCH3 is 1. The van der Waals surface area contributed by atoms with Crippen LogP contribution < -0.4 is 4.74 Å². The molecular weight excluding hydrogens is 242 g/mol. The Morgan fingerprint density at radius 1 is 1.16 bits per heavy atom. The average molecular weight is 257 g/mol. The highest BCUT2D eigenvalue weighted by atomic mass is 16.5. The molecule has 2 aromatic rings. The molecule has 0 fully saturated rings. The van der Waals surface area contributed by atoms with E-state index in [0.717, 1.165) is 5.56 Å². The number of benzene rings is 1. The van der Waals surface area contributed by atoms with E-state index in [0.29, 0.717) is 11.4 Å². The molecule has 19 heavy (non-hydrogen) atoms. The van der Waals surface area contributed by atoms with Gasteiger partial charge in [-0.2, -0.15) is 0 Å². The minimum Gasteiger partial charge on any atom is -0.481 e. The molecule has 0 amide bonds. The molecule has 0 spiro atoms. The van der Waals surface area contributed by atoms with Crippen LogP contribution in [0.3, 0.4) is 0 Å². The Bertz CT molecular complexity index is 547. The number of rotatable bonds is 4. The number of hydrogen-bond acceptors (Lipinski definition) is 4. The highest BCUT2D eigenvalue weighted by Crippen LogP contribution is 2.10. The maximum Gasteiger partial charge on any atom is 0.340 e. The molecule has 98 valence electrons. The van der Waals surface area contributed by atoms with Gasteiger partial charge in [-0.25, -0.2) is 9.78 Å². The molecule has 0 aliphatic rings. The van der Waals surface area contributed by atoms with Crippen molar-refractivity contribution in [2.75, 3.05) is 7.11 Å². The van der Waals surface area contributed by atoms with Crippen LogP contribution in [0, 0.1) is 6.92 Å². The van der Waals surface area contributed by atoms with Crippen molar-refractivity contribution in [1.29, 1.82) is 0 Å². The first-order valence-corrected chi connectivity index (χ1v) is 5.92. The zero-order chi connectivity index (χ0) is 13.7. The molecule has 0 saturated carbocycles. The van der Waals surface area contributed by atoms with E-state index in [1.54, 1.807) is 12.1 Å². The van der Waals surface area contributed by atoms with Gasteiger partial charge in [0.15, 0.2) is 0 Å². The fraction of sp³-hybridized carbons (Fsp3) is 0.200. The summed E-state index contributed by atoms with van der Waals surface area (Å²) in [6.07, 6.45) is 1.44. The molecule has 0 radical (unpaired) electrons. The smallest absolute Gasteiger partial charge is 0.340 e. The lowest BCUT2D eigenvalue weighted by Crippen LogP contribution is -2.05. The first-order valence-electron chi connectivity index (χ1n) is 5.92. The molecule has 0 unspecified atom stereocenters. The van der Waals surface area contributed by atoms with Crippen molar-refractivity contribution in [3.05, 3.63) is 59.3 Å². The second kappa shape index (κ2) is 6.00. The molecule has 0 aliphatic carbocycles. The van der Waals surface area contributed by atoms with Crippen molar-refractivity contribution < 1.29 is 14.3 Å². The molecule has 2 rings (SSSR count). The van der Waals surface area contributed by atoms with Gasteiger partial charge >= 0.3 is 5.97 Å². The normalized spacial score (nSPS) is 10.0. The van der Waals surface area contributed by atoms with Crippen LogP contribution in [0.1, 0.15) is 21.5 Å². The fourth-order valence-electron chi connectivity index (χ4n) is 1.54. The summed E-state index contributed by atoms with van der Waals surface area (Å²) >= 11 is 0. The monoisotopic (exact) mass is 257 g/mol. The number of aromatic nitrogens is 1. The summed E-state index contributed by atoms with van der Waals surface area (Å²) in [6.45, 7) is 2.27. The summed E-state index contributed by atoms with van der Waals surface area (Å²) in [7, 11) is 1.53. The number of esters is 1. The summed E-state index contributed by atoms with van der Waals surface area (Å²) in [5.74, 6) is 0.0748. The maximum atomic E-state index is 11.8. The predicted octanol–water partition coefficient (Wildman–Crippen LogP) is 2.76. The zero-order valence-corrected chi connectivity index (χ0v) is 10.9. The van der Waals surface area contributed by atoms with Crippen LogP contribution in [0.5, 0.6) is 5.88 Å². The van der Waals surface area contributed by atoms with Crippen LogP contribution in [0.15, 0.2) is 42.6 Å². The van der Waals surface area contributed by atoms with Crippen molar-refractivity contribution in [2.45, 2.75) is 13.5 Å². The molecule has 0 atom stereocenters. The molecule has 1 aromatic carbocycles. The van der Waals surface area contributed by atoms with E-state index in [2.05, 4.69) is 4.98 Å². The molecule has 1 aromatic heterocycles. The summed E-state index contributed by atoms with van der Waals surface area (Å²) < 4.78 is 10.1. The van der Waals surface area contributed by atoms with Gasteiger partial charge in [0.2, 0.25) is 5.88 Å². The summed E-state index contributed by atoms with van der Waals surface area (Å²) in [5.41, 5.74) is 2.54. The van der Waals surface area contributed by atoms with Gasteiger partial charge in [0.05, 0.1) is 12.7 Å². The van der Waals surface area contributed by atoms with Gasteiger partial charge in [0.25, 0.3) is 0 Å². The molecular formula is C15H15NO3. The lowest BCUT2D eigenvalue weighted by Gasteiger charge is -2.05. The van der Waals surface area contributed by atoms with Gasteiger partial charge in [-0.3, -0.25) is 0 Å². The quantitative estimate of drug-likeness (QED) is 0.790. The fourth-order valence-corrected chi connectivity index (χ4v) is 1.54. The SMILES string of the molecule is COc1ccc(C(=O)OCc2ccc(C)cc2)cn1. The average Bonchev–Trinajstić information content (AvgIpc) is 2.46. The summed E-state index contributed by atoms with van der Waals surface area (Å²) in [4.78, 5) is 15.7. The summed E-state index contributed by atoms with van der Waals surface area (Å²) in [6, 6.07) is 11.1. The number of aryl methyl sites for hydroxylation is 1. The van der Waals surface area contributed by atoms with E-state index in [9.17, 15) is 4.79 Å². The molecule has 0 bridgehead atoms. The van der Waals surface area contributed by atoms with E-state index in [1.807, 2.05) is 31.2 Å². The Morgan fingerprint density at radius 2 is 1.89 bits per heavy atom. The number of pyridine rings is 1. The second-order valence-corrected chi connectivity index (χ2v) is 4.15. The molecule has 0 saturated heterocycles. The van der Waals surface area contributed by atoms with Crippen molar-refractivity contribution in [1.82, 2.24) is 4.98 Å². The third kappa shape index (κ3) is 3.55. The van der Waals surface area contributed by atoms with Gasteiger partial charge in [0.1, 0.15) is 6.61 Å². The number of carbonyl (C=O) groups excluding carboxylic acids is 1. The van der Waals surface area contributed by atoms with Crippen molar-refractivity contribution in [3.8, 4) is 5.88 Å². The third-order valence-corrected chi connectivity index (χ3v) is 2.67. The van der Waals surface area contributed by atoms with Crippen molar-refractivity contribution in [3.63, 3.8) is 0 Å². The summed E-state index contributed by atoms with van der Waals surface area (Å²) in [5, 5.41) is 0. The van der Waals surface area contributed by atoms with Crippen molar-refractivity contribution >= 4 is 5.97 Å². The zero-order valence-electron chi connectivity index (χ0n) is 10.9. The van der Waals surface area contributed by atoms with E-state index in [4.69, 9.17) is 9.47 Å². The predicted molar refractivity (Wildman–Crippen MR) is 71.1 cm³/mol.